The van der Waals surface area contributed by atoms with Crippen molar-refractivity contribution in [1.82, 2.24) is 0 Å². The lowest BCUT2D eigenvalue weighted by Crippen LogP contribution is -1.99. The van der Waals surface area contributed by atoms with Gasteiger partial charge in [0.05, 0.1) is 11.6 Å². The number of rotatable bonds is 4. The second-order valence-electron chi connectivity index (χ2n) is 4.54. The molecule has 0 aliphatic rings. The van der Waals surface area contributed by atoms with Gasteiger partial charge in [0.1, 0.15) is 18.1 Å². The molecule has 0 saturated heterocycles. The summed E-state index contributed by atoms with van der Waals surface area (Å²) in [6, 6.07) is 12.1. The monoisotopic (exact) mass is 320 g/mol. The standard InChI is InChI=1S/C16H17BrO2/c1-11-4-6-15(18-3)13(8-11)10-19-16-7-5-12(2)9-14(16)17/h4-9H,10H2,1-3H3. The minimum absolute atomic E-state index is 0.493. The van der Waals surface area contributed by atoms with E-state index in [1.165, 1.54) is 11.1 Å². The first-order valence-electron chi connectivity index (χ1n) is 6.12. The van der Waals surface area contributed by atoms with Crippen LogP contribution in [-0.4, -0.2) is 7.11 Å². The zero-order valence-corrected chi connectivity index (χ0v) is 13.0. The molecular formula is C16H17BrO2. The summed E-state index contributed by atoms with van der Waals surface area (Å²) in [5.74, 6) is 1.70. The Morgan fingerprint density at radius 3 is 2.21 bits per heavy atom. The van der Waals surface area contributed by atoms with Gasteiger partial charge in [0, 0.05) is 5.56 Å². The molecule has 0 atom stereocenters. The van der Waals surface area contributed by atoms with E-state index >= 15 is 0 Å². The number of methoxy groups -OCH3 is 1. The Hall–Kier alpha value is -1.48. The van der Waals surface area contributed by atoms with Crippen molar-refractivity contribution in [2.75, 3.05) is 7.11 Å². The van der Waals surface area contributed by atoms with Crippen molar-refractivity contribution in [3.05, 3.63) is 57.6 Å². The molecule has 0 radical (unpaired) electrons. The van der Waals surface area contributed by atoms with E-state index in [-0.39, 0.29) is 0 Å². The summed E-state index contributed by atoms with van der Waals surface area (Å²) >= 11 is 3.51. The van der Waals surface area contributed by atoms with E-state index in [4.69, 9.17) is 9.47 Å². The Labute approximate surface area is 122 Å². The molecular weight excluding hydrogens is 304 g/mol. The van der Waals surface area contributed by atoms with E-state index in [1.54, 1.807) is 7.11 Å². The molecule has 0 amide bonds. The van der Waals surface area contributed by atoms with Gasteiger partial charge in [0.15, 0.2) is 0 Å². The van der Waals surface area contributed by atoms with E-state index < -0.39 is 0 Å². The minimum atomic E-state index is 0.493. The molecule has 2 aromatic carbocycles. The van der Waals surface area contributed by atoms with Crippen LogP contribution < -0.4 is 9.47 Å². The maximum absolute atomic E-state index is 5.85. The van der Waals surface area contributed by atoms with E-state index in [0.29, 0.717) is 6.61 Å². The van der Waals surface area contributed by atoms with Gasteiger partial charge >= 0.3 is 0 Å². The third kappa shape index (κ3) is 3.51. The molecule has 2 aromatic rings. The van der Waals surface area contributed by atoms with E-state index in [9.17, 15) is 0 Å². The van der Waals surface area contributed by atoms with Crippen LogP contribution in [0.5, 0.6) is 11.5 Å². The smallest absolute Gasteiger partial charge is 0.134 e. The molecule has 2 rings (SSSR count). The van der Waals surface area contributed by atoms with E-state index in [1.807, 2.05) is 30.3 Å². The van der Waals surface area contributed by atoms with E-state index in [2.05, 4.69) is 35.8 Å². The number of ether oxygens (including phenoxy) is 2. The predicted octanol–water partition coefficient (Wildman–Crippen LogP) is 4.65. The van der Waals surface area contributed by atoms with E-state index in [0.717, 1.165) is 21.5 Å². The van der Waals surface area contributed by atoms with Crippen molar-refractivity contribution in [2.45, 2.75) is 20.5 Å². The molecule has 0 aromatic heterocycles. The molecule has 0 saturated carbocycles. The Bertz CT molecular complexity index is 579. The molecule has 0 bridgehead atoms. The first-order valence-corrected chi connectivity index (χ1v) is 6.92. The fourth-order valence-corrected chi connectivity index (χ4v) is 2.51. The van der Waals surface area contributed by atoms with Crippen molar-refractivity contribution in [3.8, 4) is 11.5 Å². The maximum Gasteiger partial charge on any atom is 0.134 e. The van der Waals surface area contributed by atoms with Gasteiger partial charge in [-0.05, 0) is 59.6 Å². The van der Waals surface area contributed by atoms with Crippen LogP contribution in [0.15, 0.2) is 40.9 Å². The summed E-state index contributed by atoms with van der Waals surface area (Å²) in [7, 11) is 1.68. The second-order valence-corrected chi connectivity index (χ2v) is 5.39. The van der Waals surface area contributed by atoms with Crippen LogP contribution in [0.1, 0.15) is 16.7 Å². The van der Waals surface area contributed by atoms with Gasteiger partial charge in [-0.2, -0.15) is 0 Å². The summed E-state index contributed by atoms with van der Waals surface area (Å²) in [6.07, 6.45) is 0. The Morgan fingerprint density at radius 1 is 0.947 bits per heavy atom. The zero-order valence-electron chi connectivity index (χ0n) is 11.4. The van der Waals surface area contributed by atoms with Crippen LogP contribution in [0.25, 0.3) is 0 Å². The second kappa shape index (κ2) is 6.11. The summed E-state index contributed by atoms with van der Waals surface area (Å²) < 4.78 is 12.2. The third-order valence-electron chi connectivity index (χ3n) is 2.91. The number of hydrogen-bond acceptors (Lipinski definition) is 2. The summed E-state index contributed by atoms with van der Waals surface area (Å²) in [5.41, 5.74) is 3.45. The highest BCUT2D eigenvalue weighted by Gasteiger charge is 2.06. The SMILES string of the molecule is COc1ccc(C)cc1COc1ccc(C)cc1Br. The number of benzene rings is 2. The van der Waals surface area contributed by atoms with Crippen LogP contribution in [0.3, 0.4) is 0 Å². The van der Waals surface area contributed by atoms with Crippen molar-refractivity contribution >= 4 is 15.9 Å². The van der Waals surface area contributed by atoms with Crippen molar-refractivity contribution in [2.24, 2.45) is 0 Å². The lowest BCUT2D eigenvalue weighted by molar-refractivity contribution is 0.295. The molecule has 0 aliphatic heterocycles. The number of hydrogen-bond donors (Lipinski definition) is 0. The molecule has 0 aliphatic carbocycles. The zero-order chi connectivity index (χ0) is 13.8. The summed E-state index contributed by atoms with van der Waals surface area (Å²) in [6.45, 7) is 4.61. The highest BCUT2D eigenvalue weighted by Crippen LogP contribution is 2.28. The van der Waals surface area contributed by atoms with Gasteiger partial charge in [-0.1, -0.05) is 17.7 Å². The fraction of sp³-hybridized carbons (Fsp3) is 0.250. The first-order chi connectivity index (χ1) is 9.10. The highest BCUT2D eigenvalue weighted by molar-refractivity contribution is 9.10. The average molecular weight is 321 g/mol. The molecule has 0 fully saturated rings. The maximum atomic E-state index is 5.85. The normalized spacial score (nSPS) is 10.3. The van der Waals surface area contributed by atoms with Crippen molar-refractivity contribution < 1.29 is 9.47 Å². The summed E-state index contributed by atoms with van der Waals surface area (Å²) in [4.78, 5) is 0. The van der Waals surface area contributed by atoms with Crippen LogP contribution >= 0.6 is 15.9 Å². The van der Waals surface area contributed by atoms with Crippen LogP contribution in [0.2, 0.25) is 0 Å². The topological polar surface area (TPSA) is 18.5 Å². The Kier molecular flexibility index (Phi) is 4.48. The van der Waals surface area contributed by atoms with Crippen LogP contribution in [0.4, 0.5) is 0 Å². The van der Waals surface area contributed by atoms with Gasteiger partial charge in [-0.15, -0.1) is 0 Å². The van der Waals surface area contributed by atoms with Gasteiger partial charge in [0.2, 0.25) is 0 Å². The lowest BCUT2D eigenvalue weighted by atomic mass is 10.1. The Balaban J connectivity index is 2.16. The first kappa shape index (κ1) is 13.9. The van der Waals surface area contributed by atoms with Crippen LogP contribution in [-0.2, 0) is 6.61 Å². The predicted molar refractivity (Wildman–Crippen MR) is 80.9 cm³/mol. The van der Waals surface area contributed by atoms with Gasteiger partial charge in [-0.3, -0.25) is 0 Å². The Morgan fingerprint density at radius 2 is 1.58 bits per heavy atom. The molecule has 100 valence electrons. The molecule has 0 heterocycles. The molecule has 2 nitrogen and oxygen atoms in total. The number of aryl methyl sites for hydroxylation is 2. The number of halogens is 1. The molecule has 0 spiro atoms. The average Bonchev–Trinajstić information content (AvgIpc) is 2.38. The fourth-order valence-electron chi connectivity index (χ4n) is 1.90. The van der Waals surface area contributed by atoms with Crippen molar-refractivity contribution in [3.63, 3.8) is 0 Å². The molecule has 3 heteroatoms. The van der Waals surface area contributed by atoms with Crippen LogP contribution in [0, 0.1) is 13.8 Å². The third-order valence-corrected chi connectivity index (χ3v) is 3.53. The van der Waals surface area contributed by atoms with Gasteiger partial charge < -0.3 is 9.47 Å². The highest BCUT2D eigenvalue weighted by atomic mass is 79.9. The van der Waals surface area contributed by atoms with Gasteiger partial charge in [-0.25, -0.2) is 0 Å². The lowest BCUT2D eigenvalue weighted by Gasteiger charge is -2.12. The quantitative estimate of drug-likeness (QED) is 0.816. The molecule has 0 unspecified atom stereocenters. The minimum Gasteiger partial charge on any atom is -0.496 e. The molecule has 19 heavy (non-hydrogen) atoms. The molecule has 0 N–H and O–H groups in total. The summed E-state index contributed by atoms with van der Waals surface area (Å²) in [5, 5.41) is 0. The van der Waals surface area contributed by atoms with Gasteiger partial charge in [0.25, 0.3) is 0 Å². The van der Waals surface area contributed by atoms with Crippen molar-refractivity contribution in [1.29, 1.82) is 0 Å². The largest absolute Gasteiger partial charge is 0.496 e.